The molecule has 1 fully saturated rings. The number of hydrogen-bond acceptors (Lipinski definition) is 3. The van der Waals surface area contributed by atoms with E-state index in [9.17, 15) is 22.8 Å². The molecule has 0 radical (unpaired) electrons. The number of alkyl halides is 3. The number of benzene rings is 1. The van der Waals surface area contributed by atoms with Crippen molar-refractivity contribution in [2.45, 2.75) is 58.0 Å². The fraction of sp³-hybridized carbons (Fsp3) is 0.500. The molecule has 1 aliphatic rings. The van der Waals surface area contributed by atoms with E-state index >= 15 is 0 Å². The minimum Gasteiger partial charge on any atom is -0.405 e. The van der Waals surface area contributed by atoms with E-state index in [1.807, 2.05) is 13.8 Å². The molecule has 2 amide bonds. The number of rotatable bonds is 6. The summed E-state index contributed by atoms with van der Waals surface area (Å²) in [6.45, 7) is 3.79. The molecule has 2 atom stereocenters. The molecule has 0 spiro atoms. The van der Waals surface area contributed by atoms with E-state index in [-0.39, 0.29) is 35.2 Å². The Morgan fingerprint density at radius 2 is 1.93 bits per heavy atom. The maximum atomic E-state index is 12.5. The highest BCUT2D eigenvalue weighted by atomic mass is 19.4. The monoisotopic (exact) mass is 398 g/mol. The second-order valence-corrected chi connectivity index (χ2v) is 7.15. The minimum atomic E-state index is -4.81. The van der Waals surface area contributed by atoms with Crippen molar-refractivity contribution in [2.24, 2.45) is 5.92 Å². The molecule has 28 heavy (non-hydrogen) atoms. The highest BCUT2D eigenvalue weighted by Gasteiger charge is 2.32. The number of para-hydroxylation sites is 1. The van der Waals surface area contributed by atoms with E-state index in [0.717, 1.165) is 19.3 Å². The van der Waals surface area contributed by atoms with Crippen LogP contribution in [-0.2, 0) is 9.59 Å². The van der Waals surface area contributed by atoms with Gasteiger partial charge in [-0.2, -0.15) is 0 Å². The van der Waals surface area contributed by atoms with Crippen molar-refractivity contribution in [3.8, 4) is 5.75 Å². The van der Waals surface area contributed by atoms with Gasteiger partial charge in [-0.3, -0.25) is 9.59 Å². The Morgan fingerprint density at radius 1 is 1.21 bits per heavy atom. The standard InChI is InChI=1S/C20H25F3N2O3/c1-13(2)24-19(27)15-7-5-8-16(12-15)25-18(26)11-10-14-6-3-4-9-17(14)28-20(21,22)23/h3-4,6,9-11,13,15-16H,5,7-8,12H2,1-2H3,(H,24,27)(H,25,26)/b11-10+. The van der Waals surface area contributed by atoms with Crippen molar-refractivity contribution < 1.29 is 27.5 Å². The van der Waals surface area contributed by atoms with Crippen molar-refractivity contribution in [3.05, 3.63) is 35.9 Å². The zero-order valence-electron chi connectivity index (χ0n) is 15.9. The second-order valence-electron chi connectivity index (χ2n) is 7.15. The number of ether oxygens (including phenoxy) is 1. The van der Waals surface area contributed by atoms with Crippen LogP contribution in [0.3, 0.4) is 0 Å². The van der Waals surface area contributed by atoms with Gasteiger partial charge in [0, 0.05) is 29.6 Å². The lowest BCUT2D eigenvalue weighted by atomic mass is 9.85. The maximum Gasteiger partial charge on any atom is 0.573 e. The largest absolute Gasteiger partial charge is 0.573 e. The Morgan fingerprint density at radius 3 is 2.61 bits per heavy atom. The number of carbonyl (C=O) groups excluding carboxylic acids is 2. The number of halogens is 3. The lowest BCUT2D eigenvalue weighted by molar-refractivity contribution is -0.274. The van der Waals surface area contributed by atoms with Crippen LogP contribution in [0.2, 0.25) is 0 Å². The molecule has 2 N–H and O–H groups in total. The molecule has 0 bridgehead atoms. The predicted octanol–water partition coefficient (Wildman–Crippen LogP) is 3.80. The third-order valence-electron chi connectivity index (χ3n) is 4.38. The molecule has 154 valence electrons. The van der Waals surface area contributed by atoms with E-state index < -0.39 is 12.3 Å². The Bertz CT molecular complexity index is 717. The molecule has 1 aromatic carbocycles. The lowest BCUT2D eigenvalue weighted by Gasteiger charge is -2.29. The van der Waals surface area contributed by atoms with Crippen LogP contribution in [0.5, 0.6) is 5.75 Å². The summed E-state index contributed by atoms with van der Waals surface area (Å²) in [4.78, 5) is 24.3. The van der Waals surface area contributed by atoms with Gasteiger partial charge in [0.25, 0.3) is 0 Å². The molecule has 0 heterocycles. The number of hydrogen-bond donors (Lipinski definition) is 2. The van der Waals surface area contributed by atoms with Crippen LogP contribution >= 0.6 is 0 Å². The average Bonchev–Trinajstić information content (AvgIpc) is 2.59. The normalized spacial score (nSPS) is 20.2. The Balaban J connectivity index is 1.94. The van der Waals surface area contributed by atoms with Crippen LogP contribution in [0.4, 0.5) is 13.2 Å². The average molecular weight is 398 g/mol. The van der Waals surface area contributed by atoms with Crippen LogP contribution in [0.15, 0.2) is 30.3 Å². The van der Waals surface area contributed by atoms with Gasteiger partial charge in [-0.15, -0.1) is 13.2 Å². The first-order chi connectivity index (χ1) is 13.1. The maximum absolute atomic E-state index is 12.5. The molecule has 5 nitrogen and oxygen atoms in total. The van der Waals surface area contributed by atoms with E-state index in [1.165, 1.54) is 30.4 Å². The lowest BCUT2D eigenvalue weighted by Crippen LogP contribution is -2.43. The van der Waals surface area contributed by atoms with Gasteiger partial charge in [-0.25, -0.2) is 0 Å². The Hall–Kier alpha value is -2.51. The molecule has 8 heteroatoms. The highest BCUT2D eigenvalue weighted by molar-refractivity contribution is 5.92. The third kappa shape index (κ3) is 7.25. The first-order valence-corrected chi connectivity index (χ1v) is 9.28. The molecule has 2 rings (SSSR count). The smallest absolute Gasteiger partial charge is 0.405 e. The third-order valence-corrected chi connectivity index (χ3v) is 4.38. The van der Waals surface area contributed by atoms with Crippen molar-refractivity contribution in [3.63, 3.8) is 0 Å². The van der Waals surface area contributed by atoms with Gasteiger partial charge in [0.2, 0.25) is 11.8 Å². The first kappa shape index (κ1) is 21.8. The highest BCUT2D eigenvalue weighted by Crippen LogP contribution is 2.27. The summed E-state index contributed by atoms with van der Waals surface area (Å²) >= 11 is 0. The zero-order valence-corrected chi connectivity index (χ0v) is 15.9. The van der Waals surface area contributed by atoms with Gasteiger partial charge < -0.3 is 15.4 Å². The van der Waals surface area contributed by atoms with Gasteiger partial charge in [0.05, 0.1) is 0 Å². The quantitative estimate of drug-likeness (QED) is 0.717. The van der Waals surface area contributed by atoms with Gasteiger partial charge in [0.15, 0.2) is 0 Å². The summed E-state index contributed by atoms with van der Waals surface area (Å²) in [5, 5.41) is 5.71. The molecule has 0 saturated heterocycles. The number of carbonyl (C=O) groups is 2. The number of amides is 2. The summed E-state index contributed by atoms with van der Waals surface area (Å²) in [6.07, 6.45) is 0.569. The van der Waals surface area contributed by atoms with Crippen LogP contribution in [-0.4, -0.2) is 30.3 Å². The Kier molecular flexibility index (Phi) is 7.48. The topological polar surface area (TPSA) is 67.4 Å². The summed E-state index contributed by atoms with van der Waals surface area (Å²) in [5.41, 5.74) is 0.146. The molecule has 0 aliphatic heterocycles. The van der Waals surface area contributed by atoms with Gasteiger partial charge >= 0.3 is 6.36 Å². The fourth-order valence-corrected chi connectivity index (χ4v) is 3.21. The van der Waals surface area contributed by atoms with Crippen molar-refractivity contribution in [1.82, 2.24) is 10.6 Å². The van der Waals surface area contributed by atoms with Crippen molar-refractivity contribution >= 4 is 17.9 Å². The Labute approximate surface area is 162 Å². The molecule has 2 unspecified atom stereocenters. The van der Waals surface area contributed by atoms with Crippen molar-refractivity contribution in [1.29, 1.82) is 0 Å². The summed E-state index contributed by atoms with van der Waals surface area (Å²) in [7, 11) is 0. The first-order valence-electron chi connectivity index (χ1n) is 9.28. The summed E-state index contributed by atoms with van der Waals surface area (Å²) in [6, 6.07) is 5.50. The van der Waals surface area contributed by atoms with Gasteiger partial charge in [0.1, 0.15) is 5.75 Å². The van der Waals surface area contributed by atoms with Crippen molar-refractivity contribution in [2.75, 3.05) is 0 Å². The van der Waals surface area contributed by atoms with E-state index in [1.54, 1.807) is 6.07 Å². The van der Waals surface area contributed by atoms with E-state index in [2.05, 4.69) is 15.4 Å². The predicted molar refractivity (Wildman–Crippen MR) is 99.3 cm³/mol. The van der Waals surface area contributed by atoms with E-state index in [4.69, 9.17) is 0 Å². The van der Waals surface area contributed by atoms with Gasteiger partial charge in [-0.05, 0) is 45.3 Å². The molecular weight excluding hydrogens is 373 g/mol. The fourth-order valence-electron chi connectivity index (χ4n) is 3.21. The summed E-state index contributed by atoms with van der Waals surface area (Å²) in [5.74, 6) is -0.951. The minimum absolute atomic E-state index is 0.0114. The molecular formula is C20H25F3N2O3. The van der Waals surface area contributed by atoms with Crippen LogP contribution in [0, 0.1) is 5.92 Å². The molecule has 0 aromatic heterocycles. The SMILES string of the molecule is CC(C)NC(=O)C1CCCC(NC(=O)/C=C/c2ccccc2OC(F)(F)F)C1. The van der Waals surface area contributed by atoms with Crippen LogP contribution in [0.1, 0.15) is 45.1 Å². The zero-order chi connectivity index (χ0) is 20.7. The van der Waals surface area contributed by atoms with Gasteiger partial charge in [-0.1, -0.05) is 24.6 Å². The molecule has 1 aromatic rings. The van der Waals surface area contributed by atoms with E-state index in [0.29, 0.717) is 6.42 Å². The second kappa shape index (κ2) is 9.61. The molecule has 1 saturated carbocycles. The summed E-state index contributed by atoms with van der Waals surface area (Å²) < 4.78 is 41.3. The molecule has 1 aliphatic carbocycles. The van der Waals surface area contributed by atoms with Crippen LogP contribution in [0.25, 0.3) is 6.08 Å². The van der Waals surface area contributed by atoms with Crippen LogP contribution < -0.4 is 15.4 Å². The number of nitrogens with one attached hydrogen (secondary N) is 2.